The van der Waals surface area contributed by atoms with Gasteiger partial charge in [0.25, 0.3) is 0 Å². The lowest BCUT2D eigenvalue weighted by molar-refractivity contribution is -0.121. The van der Waals surface area contributed by atoms with Crippen molar-refractivity contribution in [3.8, 4) is 0 Å². The number of Topliss-reactive ketones (excluding diaryl/α,β-unsaturated/α-hetero) is 1. The highest BCUT2D eigenvalue weighted by Gasteiger charge is 2.19. The second-order valence-corrected chi connectivity index (χ2v) is 2.92. The van der Waals surface area contributed by atoms with Crippen molar-refractivity contribution in [1.29, 1.82) is 0 Å². The lowest BCUT2D eigenvalue weighted by Crippen LogP contribution is -2.42. The van der Waals surface area contributed by atoms with Crippen LogP contribution in [0.5, 0.6) is 0 Å². The zero-order chi connectivity index (χ0) is 6.85. The first kappa shape index (κ1) is 9.92. The SMILES string of the molecule is C[C@@H]1CC(=O)C[C@H](C)N1.Cl. The molecule has 0 aromatic heterocycles. The summed E-state index contributed by atoms with van der Waals surface area (Å²) in [6.45, 7) is 4.10. The van der Waals surface area contributed by atoms with Gasteiger partial charge in [0.15, 0.2) is 0 Å². The molecular formula is C7H14ClNO. The van der Waals surface area contributed by atoms with E-state index in [-0.39, 0.29) is 12.4 Å². The maximum Gasteiger partial charge on any atom is 0.135 e. The van der Waals surface area contributed by atoms with E-state index >= 15 is 0 Å². The van der Waals surface area contributed by atoms with Gasteiger partial charge < -0.3 is 5.32 Å². The fourth-order valence-corrected chi connectivity index (χ4v) is 1.37. The van der Waals surface area contributed by atoms with Gasteiger partial charge in [-0.15, -0.1) is 12.4 Å². The fraction of sp³-hybridized carbons (Fsp3) is 0.857. The van der Waals surface area contributed by atoms with E-state index in [2.05, 4.69) is 5.32 Å². The molecule has 0 bridgehead atoms. The van der Waals surface area contributed by atoms with E-state index in [4.69, 9.17) is 0 Å². The topological polar surface area (TPSA) is 29.1 Å². The van der Waals surface area contributed by atoms with Gasteiger partial charge in [-0.2, -0.15) is 0 Å². The van der Waals surface area contributed by atoms with Crippen LogP contribution in [0.4, 0.5) is 0 Å². The van der Waals surface area contributed by atoms with Crippen molar-refractivity contribution in [1.82, 2.24) is 5.32 Å². The van der Waals surface area contributed by atoms with Crippen molar-refractivity contribution >= 4 is 18.2 Å². The fourth-order valence-electron chi connectivity index (χ4n) is 1.37. The van der Waals surface area contributed by atoms with Gasteiger partial charge in [0.05, 0.1) is 0 Å². The van der Waals surface area contributed by atoms with Gasteiger partial charge in [0.1, 0.15) is 5.78 Å². The highest BCUT2D eigenvalue weighted by Crippen LogP contribution is 2.07. The molecule has 1 aliphatic heterocycles. The molecule has 60 valence electrons. The molecule has 0 amide bonds. The molecule has 0 radical (unpaired) electrons. The van der Waals surface area contributed by atoms with Gasteiger partial charge in [0, 0.05) is 24.9 Å². The van der Waals surface area contributed by atoms with Crippen LogP contribution in [0.2, 0.25) is 0 Å². The van der Waals surface area contributed by atoms with E-state index < -0.39 is 0 Å². The van der Waals surface area contributed by atoms with Crippen LogP contribution in [0.1, 0.15) is 26.7 Å². The normalized spacial score (nSPS) is 33.2. The zero-order valence-corrected chi connectivity index (χ0v) is 7.20. The van der Waals surface area contributed by atoms with Crippen molar-refractivity contribution in [3.05, 3.63) is 0 Å². The number of hydrogen-bond acceptors (Lipinski definition) is 2. The number of piperidine rings is 1. The first-order valence-corrected chi connectivity index (χ1v) is 3.46. The highest BCUT2D eigenvalue weighted by molar-refractivity contribution is 5.85. The lowest BCUT2D eigenvalue weighted by Gasteiger charge is -2.24. The van der Waals surface area contributed by atoms with Crippen LogP contribution in [0.3, 0.4) is 0 Å². The number of halogens is 1. The lowest BCUT2D eigenvalue weighted by atomic mass is 10.00. The third-order valence-corrected chi connectivity index (χ3v) is 1.64. The largest absolute Gasteiger partial charge is 0.311 e. The summed E-state index contributed by atoms with van der Waals surface area (Å²) in [5.74, 6) is 0.397. The molecular weight excluding hydrogens is 150 g/mol. The highest BCUT2D eigenvalue weighted by atomic mass is 35.5. The van der Waals surface area contributed by atoms with Gasteiger partial charge in [-0.1, -0.05) is 0 Å². The Morgan fingerprint density at radius 3 is 2.00 bits per heavy atom. The predicted molar refractivity (Wildman–Crippen MR) is 43.5 cm³/mol. The van der Waals surface area contributed by atoms with Crippen molar-refractivity contribution in [2.75, 3.05) is 0 Å². The Morgan fingerprint density at radius 1 is 1.30 bits per heavy atom. The zero-order valence-electron chi connectivity index (χ0n) is 6.39. The molecule has 1 fully saturated rings. The quantitative estimate of drug-likeness (QED) is 0.580. The van der Waals surface area contributed by atoms with E-state index in [0.29, 0.717) is 30.7 Å². The molecule has 0 aromatic rings. The summed E-state index contributed by atoms with van der Waals surface area (Å²) < 4.78 is 0. The molecule has 2 atom stereocenters. The number of ketones is 1. The second kappa shape index (κ2) is 3.94. The molecule has 3 heteroatoms. The van der Waals surface area contributed by atoms with Crippen LogP contribution in [-0.2, 0) is 4.79 Å². The van der Waals surface area contributed by atoms with Gasteiger partial charge in [0.2, 0.25) is 0 Å². The van der Waals surface area contributed by atoms with E-state index in [1.807, 2.05) is 13.8 Å². The van der Waals surface area contributed by atoms with Gasteiger partial charge in [-0.25, -0.2) is 0 Å². The Morgan fingerprint density at radius 2 is 1.70 bits per heavy atom. The molecule has 1 rings (SSSR count). The number of rotatable bonds is 0. The van der Waals surface area contributed by atoms with Crippen LogP contribution >= 0.6 is 12.4 Å². The molecule has 0 spiro atoms. The second-order valence-electron chi connectivity index (χ2n) is 2.92. The Bertz CT molecular complexity index is 115. The molecule has 1 N–H and O–H groups in total. The molecule has 10 heavy (non-hydrogen) atoms. The Labute approximate surface area is 67.8 Å². The van der Waals surface area contributed by atoms with Crippen molar-refractivity contribution < 1.29 is 4.79 Å². The van der Waals surface area contributed by atoms with E-state index in [1.165, 1.54) is 0 Å². The van der Waals surface area contributed by atoms with Crippen LogP contribution in [-0.4, -0.2) is 17.9 Å². The van der Waals surface area contributed by atoms with E-state index in [0.717, 1.165) is 0 Å². The number of carbonyl (C=O) groups excluding carboxylic acids is 1. The average molecular weight is 164 g/mol. The molecule has 0 unspecified atom stereocenters. The summed E-state index contributed by atoms with van der Waals surface area (Å²) in [5.41, 5.74) is 0. The molecule has 1 saturated heterocycles. The van der Waals surface area contributed by atoms with Crippen LogP contribution in [0, 0.1) is 0 Å². The average Bonchev–Trinajstić information content (AvgIpc) is 1.59. The Kier molecular flexibility index (Phi) is 3.91. The number of hydrogen-bond donors (Lipinski definition) is 1. The smallest absolute Gasteiger partial charge is 0.135 e. The minimum Gasteiger partial charge on any atom is -0.311 e. The molecule has 1 aliphatic rings. The molecule has 0 saturated carbocycles. The predicted octanol–water partition coefficient (Wildman–Crippen LogP) is 1.14. The van der Waals surface area contributed by atoms with E-state index in [9.17, 15) is 4.79 Å². The summed E-state index contributed by atoms with van der Waals surface area (Å²) in [6, 6.07) is 0.780. The first-order chi connectivity index (χ1) is 4.18. The third kappa shape index (κ3) is 2.67. The van der Waals surface area contributed by atoms with Gasteiger partial charge in [-0.05, 0) is 13.8 Å². The summed E-state index contributed by atoms with van der Waals surface area (Å²) >= 11 is 0. The first-order valence-electron chi connectivity index (χ1n) is 3.46. The summed E-state index contributed by atoms with van der Waals surface area (Å²) in [6.07, 6.45) is 1.43. The van der Waals surface area contributed by atoms with Crippen molar-refractivity contribution in [2.24, 2.45) is 0 Å². The number of nitrogens with one attached hydrogen (secondary N) is 1. The maximum atomic E-state index is 10.8. The van der Waals surface area contributed by atoms with E-state index in [1.54, 1.807) is 0 Å². The Hall–Kier alpha value is -0.0800. The standard InChI is InChI=1S/C7H13NO.ClH/c1-5-3-7(9)4-6(2)8-5;/h5-6,8H,3-4H2,1-2H3;1H/t5-,6+;. The van der Waals surface area contributed by atoms with Gasteiger partial charge >= 0.3 is 0 Å². The van der Waals surface area contributed by atoms with Gasteiger partial charge in [-0.3, -0.25) is 4.79 Å². The summed E-state index contributed by atoms with van der Waals surface area (Å²) in [7, 11) is 0. The summed E-state index contributed by atoms with van der Waals surface area (Å²) in [4.78, 5) is 10.8. The molecule has 2 nitrogen and oxygen atoms in total. The summed E-state index contributed by atoms with van der Waals surface area (Å²) in [5, 5.41) is 3.29. The van der Waals surface area contributed by atoms with Crippen LogP contribution < -0.4 is 5.32 Å². The Balaban J connectivity index is 0.000000810. The molecule has 1 heterocycles. The minimum absolute atomic E-state index is 0. The van der Waals surface area contributed by atoms with Crippen LogP contribution in [0.15, 0.2) is 0 Å². The molecule has 0 aromatic carbocycles. The third-order valence-electron chi connectivity index (χ3n) is 1.64. The van der Waals surface area contributed by atoms with Crippen LogP contribution in [0.25, 0.3) is 0 Å². The minimum atomic E-state index is 0. The number of carbonyl (C=O) groups is 1. The monoisotopic (exact) mass is 163 g/mol. The van der Waals surface area contributed by atoms with Crippen molar-refractivity contribution in [3.63, 3.8) is 0 Å². The molecule has 0 aliphatic carbocycles. The maximum absolute atomic E-state index is 10.8. The van der Waals surface area contributed by atoms with Crippen molar-refractivity contribution in [2.45, 2.75) is 38.8 Å².